The van der Waals surface area contributed by atoms with Crippen LogP contribution in [0.15, 0.2) is 70.5 Å². The lowest BCUT2D eigenvalue weighted by Crippen LogP contribution is -2.49. The van der Waals surface area contributed by atoms with Crippen molar-refractivity contribution in [2.24, 2.45) is 0 Å². The number of hydrogen-bond acceptors (Lipinski definition) is 4. The summed E-state index contributed by atoms with van der Waals surface area (Å²) >= 11 is 7.70. The Morgan fingerprint density at radius 3 is 2.44 bits per heavy atom. The van der Waals surface area contributed by atoms with Gasteiger partial charge in [0.25, 0.3) is 11.8 Å². The van der Waals surface area contributed by atoms with E-state index in [2.05, 4.69) is 36.9 Å². The second kappa shape index (κ2) is 10.0. The molecule has 0 atom stereocenters. The average molecular weight is 518 g/mol. The first-order valence-electron chi connectivity index (χ1n) is 12.0. The molecule has 3 aromatic rings. The fraction of sp³-hybridized carbons (Fsp3) is 0.241. The van der Waals surface area contributed by atoms with Gasteiger partial charge in [-0.25, -0.2) is 0 Å². The van der Waals surface area contributed by atoms with Gasteiger partial charge in [-0.05, 0) is 66.9 Å². The van der Waals surface area contributed by atoms with E-state index in [9.17, 15) is 9.59 Å². The molecule has 36 heavy (non-hydrogen) atoms. The molecule has 0 bridgehead atoms. The van der Waals surface area contributed by atoms with Crippen LogP contribution in [0, 0.1) is 13.8 Å². The van der Waals surface area contributed by atoms with E-state index in [0.29, 0.717) is 28.6 Å². The second-order valence-corrected chi connectivity index (χ2v) is 10.7. The van der Waals surface area contributed by atoms with E-state index in [1.54, 1.807) is 11.9 Å². The minimum Gasteiger partial charge on any atom is -0.368 e. The minimum atomic E-state index is -0.112. The largest absolute Gasteiger partial charge is 0.368 e. The summed E-state index contributed by atoms with van der Waals surface area (Å²) < 4.78 is 0. The van der Waals surface area contributed by atoms with E-state index in [-0.39, 0.29) is 11.8 Å². The lowest BCUT2D eigenvalue weighted by Gasteiger charge is -2.37. The minimum absolute atomic E-state index is 0.00155. The van der Waals surface area contributed by atoms with Crippen LogP contribution >= 0.6 is 23.4 Å². The third-order valence-corrected chi connectivity index (χ3v) is 8.19. The quantitative estimate of drug-likeness (QED) is 0.398. The van der Waals surface area contributed by atoms with Crippen LogP contribution in [0.3, 0.4) is 0 Å². The van der Waals surface area contributed by atoms with Gasteiger partial charge in [-0.3, -0.25) is 9.59 Å². The summed E-state index contributed by atoms with van der Waals surface area (Å²) in [6.07, 6.45) is 1.82. The van der Waals surface area contributed by atoms with E-state index in [4.69, 9.17) is 11.6 Å². The molecule has 5 rings (SSSR count). The summed E-state index contributed by atoms with van der Waals surface area (Å²) in [5.41, 5.74) is 5.90. The number of thioether (sulfide) groups is 1. The predicted octanol–water partition coefficient (Wildman–Crippen LogP) is 6.03. The number of carbonyl (C=O) groups excluding carboxylic acids is 2. The molecule has 3 aromatic carbocycles. The van der Waals surface area contributed by atoms with Crippen molar-refractivity contribution in [1.82, 2.24) is 4.90 Å². The highest BCUT2D eigenvalue weighted by Gasteiger charge is 2.29. The third-order valence-electron chi connectivity index (χ3n) is 6.77. The van der Waals surface area contributed by atoms with Crippen molar-refractivity contribution in [3.63, 3.8) is 0 Å². The van der Waals surface area contributed by atoms with Crippen LogP contribution in [-0.2, 0) is 4.79 Å². The molecule has 0 radical (unpaired) electrons. The number of nitrogens with zero attached hydrogens (tertiary/aromatic N) is 3. The number of amides is 2. The molecule has 1 saturated heterocycles. The van der Waals surface area contributed by atoms with E-state index < -0.39 is 0 Å². The molecule has 0 aromatic heterocycles. The Hall–Kier alpha value is -3.22. The monoisotopic (exact) mass is 517 g/mol. The molecule has 0 unspecified atom stereocenters. The summed E-state index contributed by atoms with van der Waals surface area (Å²) in [6.45, 7) is 7.16. The van der Waals surface area contributed by atoms with E-state index in [1.165, 1.54) is 28.6 Å². The number of anilines is 2. The smallest absolute Gasteiger partial charge is 0.264 e. The SMILES string of the molecule is Cc1ccc(C)c(N2CCN(C(=O)c3ccc4c(c3)N(C)C(=O)C(=Cc3ccccc3Cl)S4)CC2)c1. The van der Waals surface area contributed by atoms with Gasteiger partial charge in [-0.15, -0.1) is 0 Å². The Labute approximate surface area is 221 Å². The molecular weight excluding hydrogens is 490 g/mol. The van der Waals surface area contributed by atoms with Crippen molar-refractivity contribution >= 4 is 52.6 Å². The number of likely N-dealkylation sites (N-methyl/N-ethyl adjacent to an activating group) is 1. The number of piperazine rings is 1. The van der Waals surface area contributed by atoms with E-state index in [0.717, 1.165) is 29.2 Å². The normalized spacial score (nSPS) is 16.9. The number of benzene rings is 3. The van der Waals surface area contributed by atoms with Gasteiger partial charge in [0.05, 0.1) is 10.6 Å². The molecular formula is C29H28ClN3O2S. The van der Waals surface area contributed by atoms with Gasteiger partial charge in [0.2, 0.25) is 0 Å². The lowest BCUT2D eigenvalue weighted by molar-refractivity contribution is -0.114. The van der Waals surface area contributed by atoms with Gasteiger partial charge in [-0.1, -0.05) is 53.7 Å². The van der Waals surface area contributed by atoms with Crippen LogP contribution in [0.25, 0.3) is 6.08 Å². The molecule has 5 nitrogen and oxygen atoms in total. The summed E-state index contributed by atoms with van der Waals surface area (Å²) in [5.74, 6) is -0.110. The number of fused-ring (bicyclic) bond motifs is 1. The van der Waals surface area contributed by atoms with E-state index in [1.807, 2.05) is 53.4 Å². The van der Waals surface area contributed by atoms with Crippen molar-refractivity contribution in [2.75, 3.05) is 43.0 Å². The highest BCUT2D eigenvalue weighted by molar-refractivity contribution is 8.04. The molecule has 7 heteroatoms. The van der Waals surface area contributed by atoms with Crippen molar-refractivity contribution in [1.29, 1.82) is 0 Å². The topological polar surface area (TPSA) is 43.9 Å². The number of rotatable bonds is 3. The lowest BCUT2D eigenvalue weighted by atomic mass is 10.1. The molecule has 2 aliphatic rings. The maximum Gasteiger partial charge on any atom is 0.264 e. The number of halogens is 1. The maximum atomic E-state index is 13.4. The van der Waals surface area contributed by atoms with Gasteiger partial charge in [0.15, 0.2) is 0 Å². The summed E-state index contributed by atoms with van der Waals surface area (Å²) in [4.78, 5) is 33.9. The van der Waals surface area contributed by atoms with Gasteiger partial charge in [-0.2, -0.15) is 0 Å². The molecule has 2 amide bonds. The first kappa shape index (κ1) is 24.5. The average Bonchev–Trinajstić information content (AvgIpc) is 2.89. The first-order chi connectivity index (χ1) is 17.3. The van der Waals surface area contributed by atoms with Gasteiger partial charge >= 0.3 is 0 Å². The number of aryl methyl sites for hydroxylation is 2. The summed E-state index contributed by atoms with van der Waals surface area (Å²) in [7, 11) is 1.75. The molecule has 0 saturated carbocycles. The van der Waals surface area contributed by atoms with Crippen LogP contribution in [0.1, 0.15) is 27.0 Å². The number of carbonyl (C=O) groups is 2. The highest BCUT2D eigenvalue weighted by Crippen LogP contribution is 2.42. The first-order valence-corrected chi connectivity index (χ1v) is 13.2. The van der Waals surface area contributed by atoms with Crippen LogP contribution in [0.5, 0.6) is 0 Å². The Bertz CT molecular complexity index is 1380. The zero-order chi connectivity index (χ0) is 25.4. The van der Waals surface area contributed by atoms with Crippen molar-refractivity contribution < 1.29 is 9.59 Å². The molecule has 184 valence electrons. The Morgan fingerprint density at radius 1 is 0.944 bits per heavy atom. The van der Waals surface area contributed by atoms with Crippen LogP contribution in [0.2, 0.25) is 5.02 Å². The van der Waals surface area contributed by atoms with Crippen LogP contribution in [0.4, 0.5) is 11.4 Å². The molecule has 0 N–H and O–H groups in total. The predicted molar refractivity (Wildman–Crippen MR) is 149 cm³/mol. The molecule has 0 aliphatic carbocycles. The second-order valence-electron chi connectivity index (χ2n) is 9.25. The van der Waals surface area contributed by atoms with Crippen molar-refractivity contribution in [2.45, 2.75) is 18.7 Å². The molecule has 2 aliphatic heterocycles. The fourth-order valence-electron chi connectivity index (χ4n) is 4.65. The standard InChI is InChI=1S/C29H28ClN3O2S/c1-19-8-9-20(2)24(16-19)32-12-14-33(15-13-32)28(34)22-10-11-26-25(17-22)31(3)29(35)27(36-26)18-21-6-4-5-7-23(21)30/h4-11,16-18H,12-15H2,1-3H3. The van der Waals surface area contributed by atoms with Gasteiger partial charge < -0.3 is 14.7 Å². The Balaban J connectivity index is 1.32. The van der Waals surface area contributed by atoms with Crippen LogP contribution < -0.4 is 9.80 Å². The zero-order valence-electron chi connectivity index (χ0n) is 20.6. The third kappa shape index (κ3) is 4.75. The highest BCUT2D eigenvalue weighted by atomic mass is 35.5. The van der Waals surface area contributed by atoms with E-state index >= 15 is 0 Å². The zero-order valence-corrected chi connectivity index (χ0v) is 22.2. The van der Waals surface area contributed by atoms with Gasteiger partial charge in [0, 0.05) is 54.4 Å². The van der Waals surface area contributed by atoms with Gasteiger partial charge in [0.1, 0.15) is 0 Å². The maximum absolute atomic E-state index is 13.4. The fourth-order valence-corrected chi connectivity index (χ4v) is 5.93. The summed E-state index contributed by atoms with van der Waals surface area (Å²) in [6, 6.07) is 19.6. The summed E-state index contributed by atoms with van der Waals surface area (Å²) in [5, 5.41) is 0.602. The Morgan fingerprint density at radius 2 is 1.69 bits per heavy atom. The molecule has 2 heterocycles. The number of hydrogen-bond donors (Lipinski definition) is 0. The molecule has 0 spiro atoms. The van der Waals surface area contributed by atoms with Crippen molar-refractivity contribution in [3.05, 3.63) is 92.8 Å². The van der Waals surface area contributed by atoms with Crippen molar-refractivity contribution in [3.8, 4) is 0 Å². The van der Waals surface area contributed by atoms with Crippen LogP contribution in [-0.4, -0.2) is 49.9 Å². The molecule has 1 fully saturated rings. The Kier molecular flexibility index (Phi) is 6.82.